The Labute approximate surface area is 198 Å². The average molecular weight is 483 g/mol. The van der Waals surface area contributed by atoms with Gasteiger partial charge in [0.25, 0.3) is 5.69 Å². The number of methoxy groups -OCH3 is 1. The van der Waals surface area contributed by atoms with Crippen molar-refractivity contribution in [3.05, 3.63) is 75.3 Å². The number of nitro groups is 1. The lowest BCUT2D eigenvalue weighted by Crippen LogP contribution is -2.47. The van der Waals surface area contributed by atoms with Gasteiger partial charge < -0.3 is 4.74 Å². The van der Waals surface area contributed by atoms with Crippen molar-refractivity contribution in [1.82, 2.24) is 14.2 Å². The van der Waals surface area contributed by atoms with E-state index in [1.807, 2.05) is 30.3 Å². The van der Waals surface area contributed by atoms with Crippen LogP contribution in [0.4, 0.5) is 5.69 Å². The molecule has 0 aliphatic carbocycles. The predicted molar refractivity (Wildman–Crippen MR) is 132 cm³/mol. The largest absolute Gasteiger partial charge is 0.481 e. The minimum Gasteiger partial charge on any atom is -0.481 e. The van der Waals surface area contributed by atoms with E-state index in [0.717, 1.165) is 22.0 Å². The van der Waals surface area contributed by atoms with Gasteiger partial charge in [-0.05, 0) is 35.9 Å². The highest BCUT2D eigenvalue weighted by molar-refractivity contribution is 7.88. The van der Waals surface area contributed by atoms with Gasteiger partial charge in [-0.15, -0.1) is 0 Å². The van der Waals surface area contributed by atoms with Crippen LogP contribution in [0.5, 0.6) is 5.88 Å². The zero-order valence-corrected chi connectivity index (χ0v) is 19.9. The molecule has 0 spiro atoms. The first-order chi connectivity index (χ1) is 16.2. The molecule has 0 atom stereocenters. The van der Waals surface area contributed by atoms with E-state index in [1.54, 1.807) is 31.4 Å². The number of aromatic nitrogens is 1. The van der Waals surface area contributed by atoms with Gasteiger partial charge in [-0.25, -0.2) is 13.4 Å². The Balaban J connectivity index is 1.58. The number of benzene rings is 2. The van der Waals surface area contributed by atoms with E-state index >= 15 is 0 Å². The highest BCUT2D eigenvalue weighted by Gasteiger charge is 2.23. The van der Waals surface area contributed by atoms with Crippen LogP contribution in [0.1, 0.15) is 16.7 Å². The Kier molecular flexibility index (Phi) is 6.92. The van der Waals surface area contributed by atoms with Crippen LogP contribution in [0.25, 0.3) is 23.1 Å². The summed E-state index contributed by atoms with van der Waals surface area (Å²) < 4.78 is 30.4. The molecule has 1 aromatic heterocycles. The summed E-state index contributed by atoms with van der Waals surface area (Å²) in [5.41, 5.74) is 2.93. The van der Waals surface area contributed by atoms with Crippen molar-refractivity contribution in [2.45, 2.75) is 6.54 Å². The molecule has 3 aromatic rings. The maximum Gasteiger partial charge on any atom is 0.276 e. The molecule has 1 saturated heterocycles. The van der Waals surface area contributed by atoms with Gasteiger partial charge in [-0.1, -0.05) is 24.3 Å². The normalized spacial score (nSPS) is 15.7. The summed E-state index contributed by atoms with van der Waals surface area (Å²) in [5, 5.41) is 12.6. The topological polar surface area (TPSA) is 106 Å². The van der Waals surface area contributed by atoms with Gasteiger partial charge in [0.05, 0.1) is 29.4 Å². The molecule has 34 heavy (non-hydrogen) atoms. The predicted octanol–water partition coefficient (Wildman–Crippen LogP) is 3.40. The Morgan fingerprint density at radius 1 is 1.06 bits per heavy atom. The monoisotopic (exact) mass is 482 g/mol. The molecular weight excluding hydrogens is 456 g/mol. The van der Waals surface area contributed by atoms with Crippen LogP contribution in [0.3, 0.4) is 0 Å². The second-order valence-electron chi connectivity index (χ2n) is 8.20. The van der Waals surface area contributed by atoms with E-state index < -0.39 is 14.9 Å². The number of hydrogen-bond acceptors (Lipinski definition) is 7. The van der Waals surface area contributed by atoms with Crippen molar-refractivity contribution in [3.63, 3.8) is 0 Å². The van der Waals surface area contributed by atoms with Crippen LogP contribution in [0.2, 0.25) is 0 Å². The molecule has 0 amide bonds. The molecule has 178 valence electrons. The van der Waals surface area contributed by atoms with Crippen LogP contribution in [-0.2, 0) is 16.6 Å². The van der Waals surface area contributed by atoms with Gasteiger partial charge >= 0.3 is 0 Å². The average Bonchev–Trinajstić information content (AvgIpc) is 2.81. The molecule has 9 nitrogen and oxygen atoms in total. The fourth-order valence-electron chi connectivity index (χ4n) is 4.06. The smallest absolute Gasteiger partial charge is 0.276 e. The molecule has 2 aromatic carbocycles. The standard InChI is InChI=1S/C24H26N4O5S/c1-33-24-21(16-19-5-3-4-6-22(19)25-24)9-8-20-15-18(7-10-23(20)28(29)30)17-26-11-13-27(14-12-26)34(2,31)32/h3-10,15-16H,11-14,17H2,1-2H3/b9-8-. The fourth-order valence-corrected chi connectivity index (χ4v) is 4.88. The third kappa shape index (κ3) is 5.41. The first-order valence-electron chi connectivity index (χ1n) is 10.8. The number of piperazine rings is 1. The fraction of sp³-hybridized carbons (Fsp3) is 0.292. The van der Waals surface area contributed by atoms with Crippen molar-refractivity contribution >= 4 is 38.8 Å². The van der Waals surface area contributed by atoms with Gasteiger partial charge in [0, 0.05) is 49.7 Å². The van der Waals surface area contributed by atoms with Crippen LogP contribution < -0.4 is 4.74 Å². The summed E-state index contributed by atoms with van der Waals surface area (Å²) in [6, 6.07) is 14.7. The SMILES string of the molecule is COc1nc2ccccc2cc1/C=C\c1cc(CN2CCN(S(C)(=O)=O)CC2)ccc1[N+](=O)[O-]. The van der Waals surface area contributed by atoms with Gasteiger partial charge in [0.1, 0.15) is 0 Å². The summed E-state index contributed by atoms with van der Waals surface area (Å²) in [6.07, 6.45) is 4.70. The highest BCUT2D eigenvalue weighted by atomic mass is 32.2. The number of fused-ring (bicyclic) bond motifs is 1. The van der Waals surface area contributed by atoms with Crippen LogP contribution in [-0.4, -0.2) is 67.1 Å². The number of rotatable bonds is 7. The summed E-state index contributed by atoms with van der Waals surface area (Å²) in [5.74, 6) is 0.442. The molecule has 1 fully saturated rings. The second-order valence-corrected chi connectivity index (χ2v) is 10.2. The molecule has 1 aliphatic rings. The molecule has 2 heterocycles. The number of hydrogen-bond donors (Lipinski definition) is 0. The van der Waals surface area contributed by atoms with Crippen molar-refractivity contribution < 1.29 is 18.1 Å². The Morgan fingerprint density at radius 2 is 1.76 bits per heavy atom. The van der Waals surface area contributed by atoms with E-state index in [4.69, 9.17) is 4.74 Å². The molecule has 0 N–H and O–H groups in total. The molecule has 0 saturated carbocycles. The lowest BCUT2D eigenvalue weighted by molar-refractivity contribution is -0.385. The molecule has 1 aliphatic heterocycles. The number of pyridine rings is 1. The molecule has 0 radical (unpaired) electrons. The summed E-state index contributed by atoms with van der Waals surface area (Å²) in [6.45, 7) is 2.67. The first-order valence-corrected chi connectivity index (χ1v) is 12.7. The van der Waals surface area contributed by atoms with E-state index in [-0.39, 0.29) is 5.69 Å². The van der Waals surface area contributed by atoms with E-state index in [1.165, 1.54) is 16.6 Å². The lowest BCUT2D eigenvalue weighted by atomic mass is 10.1. The minimum atomic E-state index is -3.19. The van der Waals surface area contributed by atoms with Gasteiger partial charge in [0.15, 0.2) is 0 Å². The lowest BCUT2D eigenvalue weighted by Gasteiger charge is -2.33. The maximum absolute atomic E-state index is 11.7. The summed E-state index contributed by atoms with van der Waals surface area (Å²) in [7, 11) is -1.65. The van der Waals surface area contributed by atoms with Gasteiger partial charge in [-0.2, -0.15) is 4.31 Å². The first kappa shape index (κ1) is 23.8. The molecule has 4 rings (SSSR count). The van der Waals surface area contributed by atoms with E-state index in [9.17, 15) is 18.5 Å². The number of nitro benzene ring substituents is 1. The highest BCUT2D eigenvalue weighted by Crippen LogP contribution is 2.27. The third-order valence-electron chi connectivity index (χ3n) is 5.85. The van der Waals surface area contributed by atoms with Gasteiger partial charge in [-0.3, -0.25) is 15.0 Å². The third-order valence-corrected chi connectivity index (χ3v) is 7.15. The maximum atomic E-state index is 11.7. The Morgan fingerprint density at radius 3 is 2.44 bits per heavy atom. The van der Waals surface area contributed by atoms with Crippen molar-refractivity contribution in [3.8, 4) is 5.88 Å². The van der Waals surface area contributed by atoms with Crippen molar-refractivity contribution in [2.75, 3.05) is 39.5 Å². The number of nitrogens with zero attached hydrogens (tertiary/aromatic N) is 4. The van der Waals surface area contributed by atoms with Crippen LogP contribution in [0, 0.1) is 10.1 Å². The zero-order chi connectivity index (χ0) is 24.3. The summed E-state index contributed by atoms with van der Waals surface area (Å²) in [4.78, 5) is 17.9. The molecular formula is C24H26N4O5S. The van der Waals surface area contributed by atoms with Gasteiger partial charge in [0.2, 0.25) is 15.9 Å². The minimum absolute atomic E-state index is 0.00890. The Hall–Kier alpha value is -3.34. The quantitative estimate of drug-likeness (QED) is 0.375. The van der Waals surface area contributed by atoms with E-state index in [2.05, 4.69) is 9.88 Å². The van der Waals surface area contributed by atoms with Crippen LogP contribution in [0.15, 0.2) is 48.5 Å². The Bertz CT molecular complexity index is 1350. The molecule has 0 unspecified atom stereocenters. The number of sulfonamides is 1. The van der Waals surface area contributed by atoms with E-state index in [0.29, 0.717) is 44.2 Å². The molecule has 10 heteroatoms. The second kappa shape index (κ2) is 9.88. The van der Waals surface area contributed by atoms with Crippen molar-refractivity contribution in [2.24, 2.45) is 0 Å². The molecule has 0 bridgehead atoms. The summed E-state index contributed by atoms with van der Waals surface area (Å²) >= 11 is 0. The van der Waals surface area contributed by atoms with Crippen LogP contribution >= 0.6 is 0 Å². The van der Waals surface area contributed by atoms with Crippen molar-refractivity contribution in [1.29, 1.82) is 0 Å². The number of para-hydroxylation sites is 1. The number of ether oxygens (including phenoxy) is 1. The zero-order valence-electron chi connectivity index (χ0n) is 19.0.